The van der Waals surface area contributed by atoms with E-state index in [1.54, 1.807) is 13.8 Å². The molecule has 0 amide bonds. The zero-order chi connectivity index (χ0) is 20.0. The zero-order valence-corrected chi connectivity index (χ0v) is 15.0. The molecular weight excluding hydrogens is 348 g/mol. The van der Waals surface area contributed by atoms with Gasteiger partial charge < -0.3 is 14.2 Å². The molecule has 138 valence electrons. The summed E-state index contributed by atoms with van der Waals surface area (Å²) < 4.78 is 15.4. The summed E-state index contributed by atoms with van der Waals surface area (Å²) in [6.07, 6.45) is 0. The Morgan fingerprint density at radius 3 is 1.33 bits per heavy atom. The topological polar surface area (TPSA) is 78.9 Å². The maximum absolute atomic E-state index is 12.2. The molecule has 0 N–H and O–H groups in total. The molecule has 0 saturated heterocycles. The van der Waals surface area contributed by atoms with Crippen molar-refractivity contribution in [2.45, 2.75) is 13.8 Å². The minimum absolute atomic E-state index is 0.274. The molecule has 0 aliphatic rings. The first-order valence-electron chi connectivity index (χ1n) is 7.94. The number of esters is 3. The van der Waals surface area contributed by atoms with E-state index in [0.29, 0.717) is 11.5 Å². The summed E-state index contributed by atoms with van der Waals surface area (Å²) in [5.74, 6) is -0.771. The Bertz CT molecular complexity index is 891. The highest BCUT2D eigenvalue weighted by Crippen LogP contribution is 2.20. The van der Waals surface area contributed by atoms with Gasteiger partial charge in [0, 0.05) is 11.1 Å². The first kappa shape index (κ1) is 19.7. The van der Waals surface area contributed by atoms with Crippen molar-refractivity contribution in [1.29, 1.82) is 0 Å². The van der Waals surface area contributed by atoms with E-state index in [4.69, 9.17) is 14.2 Å². The molecule has 2 aromatic rings. The van der Waals surface area contributed by atoms with E-state index in [2.05, 4.69) is 13.2 Å². The Morgan fingerprint density at radius 1 is 0.630 bits per heavy atom. The third kappa shape index (κ3) is 5.67. The molecule has 0 unspecified atom stereocenters. The van der Waals surface area contributed by atoms with Gasteiger partial charge in [0.05, 0.1) is 5.56 Å². The molecule has 6 heteroatoms. The molecule has 0 saturated carbocycles. The average Bonchev–Trinajstić information content (AvgIpc) is 2.63. The second kappa shape index (κ2) is 8.62. The smallest absolute Gasteiger partial charge is 0.343 e. The molecule has 0 aliphatic carbocycles. The summed E-state index contributed by atoms with van der Waals surface area (Å²) in [7, 11) is 0. The van der Waals surface area contributed by atoms with Gasteiger partial charge in [0.15, 0.2) is 0 Å². The molecular formula is C21H18O6. The Morgan fingerprint density at radius 2 is 0.963 bits per heavy atom. The second-order valence-electron chi connectivity index (χ2n) is 5.73. The summed E-state index contributed by atoms with van der Waals surface area (Å²) in [4.78, 5) is 35.1. The van der Waals surface area contributed by atoms with Gasteiger partial charge in [-0.3, -0.25) is 0 Å². The van der Waals surface area contributed by atoms with E-state index in [1.165, 1.54) is 48.5 Å². The predicted molar refractivity (Wildman–Crippen MR) is 98.7 cm³/mol. The second-order valence-corrected chi connectivity index (χ2v) is 5.73. The lowest BCUT2D eigenvalue weighted by Crippen LogP contribution is -2.10. The van der Waals surface area contributed by atoms with E-state index in [0.717, 1.165) is 0 Å². The van der Waals surface area contributed by atoms with Crippen LogP contribution in [0.1, 0.15) is 24.2 Å². The highest BCUT2D eigenvalue weighted by atomic mass is 16.5. The SMILES string of the molecule is C=C(C)C(=O)Oc1ccc(OC(=O)c2ccc(OC(=O)C(=C)C)cc2)cc1. The Hall–Kier alpha value is -3.67. The van der Waals surface area contributed by atoms with Crippen LogP contribution in [0.15, 0.2) is 72.8 Å². The van der Waals surface area contributed by atoms with Crippen LogP contribution in [0.3, 0.4) is 0 Å². The molecule has 2 rings (SSSR count). The molecule has 0 bridgehead atoms. The first-order valence-corrected chi connectivity index (χ1v) is 7.94. The van der Waals surface area contributed by atoms with Gasteiger partial charge in [-0.15, -0.1) is 0 Å². The molecule has 0 heterocycles. The van der Waals surface area contributed by atoms with Crippen molar-refractivity contribution in [1.82, 2.24) is 0 Å². The van der Waals surface area contributed by atoms with Crippen molar-refractivity contribution < 1.29 is 28.6 Å². The van der Waals surface area contributed by atoms with Gasteiger partial charge in [-0.05, 0) is 62.4 Å². The average molecular weight is 366 g/mol. The van der Waals surface area contributed by atoms with Crippen LogP contribution in [-0.2, 0) is 9.59 Å². The van der Waals surface area contributed by atoms with Crippen LogP contribution < -0.4 is 14.2 Å². The van der Waals surface area contributed by atoms with Crippen molar-refractivity contribution in [2.24, 2.45) is 0 Å². The van der Waals surface area contributed by atoms with E-state index in [-0.39, 0.29) is 22.5 Å². The molecule has 0 atom stereocenters. The normalized spacial score (nSPS) is 9.85. The fraction of sp³-hybridized carbons (Fsp3) is 0.0952. The van der Waals surface area contributed by atoms with Crippen LogP contribution in [0.4, 0.5) is 0 Å². The fourth-order valence-corrected chi connectivity index (χ4v) is 1.79. The number of rotatable bonds is 6. The quantitative estimate of drug-likeness (QED) is 0.439. The Balaban J connectivity index is 1.98. The molecule has 0 radical (unpaired) electrons. The van der Waals surface area contributed by atoms with E-state index in [1.807, 2.05) is 0 Å². The van der Waals surface area contributed by atoms with Crippen LogP contribution in [0, 0.1) is 0 Å². The van der Waals surface area contributed by atoms with E-state index < -0.39 is 17.9 Å². The van der Waals surface area contributed by atoms with Gasteiger partial charge in [-0.2, -0.15) is 0 Å². The summed E-state index contributed by atoms with van der Waals surface area (Å²) >= 11 is 0. The van der Waals surface area contributed by atoms with E-state index in [9.17, 15) is 14.4 Å². The maximum Gasteiger partial charge on any atom is 0.343 e. The van der Waals surface area contributed by atoms with Crippen molar-refractivity contribution >= 4 is 17.9 Å². The van der Waals surface area contributed by atoms with Crippen LogP contribution in [0.2, 0.25) is 0 Å². The lowest BCUT2D eigenvalue weighted by atomic mass is 10.2. The monoisotopic (exact) mass is 366 g/mol. The summed E-state index contributed by atoms with van der Waals surface area (Å²) in [5.41, 5.74) is 0.835. The number of ether oxygens (including phenoxy) is 3. The molecule has 0 aliphatic heterocycles. The van der Waals surface area contributed by atoms with Crippen LogP contribution in [0.5, 0.6) is 17.2 Å². The fourth-order valence-electron chi connectivity index (χ4n) is 1.79. The third-order valence-corrected chi connectivity index (χ3v) is 3.24. The minimum Gasteiger partial charge on any atom is -0.423 e. The molecule has 0 aromatic heterocycles. The van der Waals surface area contributed by atoms with Gasteiger partial charge in [0.2, 0.25) is 0 Å². The van der Waals surface area contributed by atoms with Crippen LogP contribution >= 0.6 is 0 Å². The van der Waals surface area contributed by atoms with Gasteiger partial charge >= 0.3 is 17.9 Å². The predicted octanol–water partition coefficient (Wildman–Crippen LogP) is 3.87. The lowest BCUT2D eigenvalue weighted by Gasteiger charge is -2.07. The minimum atomic E-state index is -0.584. The molecule has 0 spiro atoms. The molecule has 27 heavy (non-hydrogen) atoms. The number of carbonyl (C=O) groups is 3. The standard InChI is InChI=1S/C21H18O6/c1-13(2)19(22)25-16-7-5-15(6-8-16)21(24)27-18-11-9-17(10-12-18)26-20(23)14(3)4/h5-12H,1,3H2,2,4H3. The highest BCUT2D eigenvalue weighted by Gasteiger charge is 2.11. The van der Waals surface area contributed by atoms with Crippen molar-refractivity contribution in [3.63, 3.8) is 0 Å². The zero-order valence-electron chi connectivity index (χ0n) is 15.0. The summed E-state index contributed by atoms with van der Waals surface area (Å²) in [5, 5.41) is 0. The van der Waals surface area contributed by atoms with Gasteiger partial charge in [0.25, 0.3) is 0 Å². The van der Waals surface area contributed by atoms with Gasteiger partial charge in [0.1, 0.15) is 17.2 Å². The first-order chi connectivity index (χ1) is 12.8. The Kier molecular flexibility index (Phi) is 6.27. The van der Waals surface area contributed by atoms with Gasteiger partial charge in [-0.1, -0.05) is 13.2 Å². The number of hydrogen-bond acceptors (Lipinski definition) is 6. The van der Waals surface area contributed by atoms with Crippen molar-refractivity contribution in [3.8, 4) is 17.2 Å². The van der Waals surface area contributed by atoms with Crippen LogP contribution in [-0.4, -0.2) is 17.9 Å². The largest absolute Gasteiger partial charge is 0.423 e. The van der Waals surface area contributed by atoms with Crippen LogP contribution in [0.25, 0.3) is 0 Å². The number of hydrogen-bond donors (Lipinski definition) is 0. The van der Waals surface area contributed by atoms with Crippen molar-refractivity contribution in [2.75, 3.05) is 0 Å². The summed E-state index contributed by atoms with van der Waals surface area (Å²) in [6.45, 7) is 10.1. The molecule has 0 fully saturated rings. The maximum atomic E-state index is 12.2. The molecule has 6 nitrogen and oxygen atoms in total. The lowest BCUT2D eigenvalue weighted by molar-refractivity contribution is -0.130. The number of benzene rings is 2. The number of carbonyl (C=O) groups excluding carboxylic acids is 3. The van der Waals surface area contributed by atoms with Gasteiger partial charge in [-0.25, -0.2) is 14.4 Å². The van der Waals surface area contributed by atoms with E-state index >= 15 is 0 Å². The molecule has 2 aromatic carbocycles. The highest BCUT2D eigenvalue weighted by molar-refractivity contribution is 5.92. The summed E-state index contributed by atoms with van der Waals surface area (Å²) in [6, 6.07) is 11.9. The Labute approximate surface area is 156 Å². The van der Waals surface area contributed by atoms with Crippen molar-refractivity contribution in [3.05, 3.63) is 78.4 Å². The third-order valence-electron chi connectivity index (χ3n) is 3.24.